The van der Waals surface area contributed by atoms with Crippen LogP contribution >= 0.6 is 0 Å². The molecular weight excluding hydrogens is 200 g/mol. The van der Waals surface area contributed by atoms with E-state index in [4.69, 9.17) is 5.11 Å². The summed E-state index contributed by atoms with van der Waals surface area (Å²) in [5.74, 6) is 0.507. The molecule has 1 aromatic rings. The second-order valence-electron chi connectivity index (χ2n) is 4.59. The van der Waals surface area contributed by atoms with Gasteiger partial charge < -0.3 is 5.11 Å². The van der Waals surface area contributed by atoms with Crippen LogP contribution in [0.4, 0.5) is 0 Å². The van der Waals surface area contributed by atoms with Gasteiger partial charge in [-0.05, 0) is 50.9 Å². The van der Waals surface area contributed by atoms with Crippen LogP contribution in [0.15, 0.2) is 24.4 Å². The highest BCUT2D eigenvalue weighted by atomic mass is 16.3. The van der Waals surface area contributed by atoms with Crippen LogP contribution in [0, 0.1) is 5.92 Å². The zero-order valence-corrected chi connectivity index (χ0v) is 9.84. The average Bonchev–Trinajstić information content (AvgIpc) is 2.39. The summed E-state index contributed by atoms with van der Waals surface area (Å²) in [6.07, 6.45) is 4.06. The molecule has 0 saturated carbocycles. The van der Waals surface area contributed by atoms with E-state index in [9.17, 15) is 0 Å². The van der Waals surface area contributed by atoms with Crippen LogP contribution in [-0.2, 0) is 0 Å². The molecule has 0 bridgehead atoms. The van der Waals surface area contributed by atoms with Gasteiger partial charge in [-0.15, -0.1) is 0 Å². The second kappa shape index (κ2) is 5.41. The van der Waals surface area contributed by atoms with E-state index >= 15 is 0 Å². The summed E-state index contributed by atoms with van der Waals surface area (Å²) in [6, 6.07) is 6.47. The average molecular weight is 220 g/mol. The molecule has 1 N–H and O–H groups in total. The Balaban J connectivity index is 1.94. The fraction of sp³-hybridized carbons (Fsp3) is 0.615. The number of hydrogen-bond donors (Lipinski definition) is 1. The quantitative estimate of drug-likeness (QED) is 0.844. The minimum Gasteiger partial charge on any atom is -0.396 e. The van der Waals surface area contributed by atoms with Crippen molar-refractivity contribution in [3.63, 3.8) is 0 Å². The van der Waals surface area contributed by atoms with Gasteiger partial charge in [0.15, 0.2) is 0 Å². The Kier molecular flexibility index (Phi) is 3.91. The lowest BCUT2D eigenvalue weighted by Crippen LogP contribution is -2.36. The Labute approximate surface area is 97.1 Å². The molecule has 3 nitrogen and oxygen atoms in total. The first-order valence-electron chi connectivity index (χ1n) is 6.07. The second-order valence-corrected chi connectivity index (χ2v) is 4.59. The summed E-state index contributed by atoms with van der Waals surface area (Å²) >= 11 is 0. The Morgan fingerprint density at radius 2 is 2.19 bits per heavy atom. The number of rotatable bonds is 3. The van der Waals surface area contributed by atoms with Gasteiger partial charge in [-0.2, -0.15) is 0 Å². The van der Waals surface area contributed by atoms with Crippen molar-refractivity contribution in [2.45, 2.75) is 25.8 Å². The van der Waals surface area contributed by atoms with E-state index in [0.29, 0.717) is 18.6 Å². The number of hydrogen-bond acceptors (Lipinski definition) is 3. The summed E-state index contributed by atoms with van der Waals surface area (Å²) in [7, 11) is 0. The molecule has 0 aliphatic carbocycles. The lowest BCUT2D eigenvalue weighted by atomic mass is 9.96. The highest BCUT2D eigenvalue weighted by Crippen LogP contribution is 2.24. The smallest absolute Gasteiger partial charge is 0.0572 e. The van der Waals surface area contributed by atoms with Gasteiger partial charge in [0.1, 0.15) is 0 Å². The van der Waals surface area contributed by atoms with Crippen molar-refractivity contribution >= 4 is 0 Å². The molecule has 2 rings (SSSR count). The van der Waals surface area contributed by atoms with Crippen LogP contribution in [0.2, 0.25) is 0 Å². The summed E-state index contributed by atoms with van der Waals surface area (Å²) in [5.41, 5.74) is 1.14. The predicted octanol–water partition coefficient (Wildman–Crippen LogP) is 1.85. The first kappa shape index (κ1) is 11.6. The molecule has 0 unspecified atom stereocenters. The van der Waals surface area contributed by atoms with Gasteiger partial charge in [-0.25, -0.2) is 0 Å². The summed E-state index contributed by atoms with van der Waals surface area (Å²) in [6.45, 7) is 4.69. The molecule has 0 spiro atoms. The molecule has 0 aromatic carbocycles. The maximum absolute atomic E-state index is 9.10. The Bertz CT molecular complexity index is 307. The third-order valence-electron chi connectivity index (χ3n) is 3.57. The number of likely N-dealkylation sites (tertiary alicyclic amines) is 1. The molecule has 0 amide bonds. The highest BCUT2D eigenvalue weighted by molar-refractivity contribution is 5.08. The fourth-order valence-corrected chi connectivity index (χ4v) is 2.33. The van der Waals surface area contributed by atoms with Crippen molar-refractivity contribution in [1.82, 2.24) is 9.88 Å². The first-order valence-corrected chi connectivity index (χ1v) is 6.07. The number of aliphatic hydroxyl groups excluding tert-OH is 1. The van der Waals surface area contributed by atoms with Gasteiger partial charge in [0.05, 0.1) is 5.69 Å². The number of nitrogens with zero attached hydrogens (tertiary/aromatic N) is 2. The minimum atomic E-state index is 0.339. The van der Waals surface area contributed by atoms with Crippen molar-refractivity contribution in [1.29, 1.82) is 0 Å². The van der Waals surface area contributed by atoms with Gasteiger partial charge in [0, 0.05) is 18.8 Å². The van der Waals surface area contributed by atoms with E-state index in [1.165, 1.54) is 0 Å². The fourth-order valence-electron chi connectivity index (χ4n) is 2.33. The number of piperidine rings is 1. The standard InChI is InChI=1S/C13H20N2O/c1-11(13-4-2-3-7-14-13)15-8-5-12(10-16)6-9-15/h2-4,7,11-12,16H,5-6,8-10H2,1H3/t11-/m1/s1. The maximum atomic E-state index is 9.10. The maximum Gasteiger partial charge on any atom is 0.0572 e. The topological polar surface area (TPSA) is 36.4 Å². The van der Waals surface area contributed by atoms with E-state index in [1.807, 2.05) is 18.3 Å². The van der Waals surface area contributed by atoms with Crippen molar-refractivity contribution < 1.29 is 5.11 Å². The van der Waals surface area contributed by atoms with Crippen molar-refractivity contribution in [3.8, 4) is 0 Å². The van der Waals surface area contributed by atoms with Crippen molar-refractivity contribution in [2.75, 3.05) is 19.7 Å². The van der Waals surface area contributed by atoms with Gasteiger partial charge in [0.2, 0.25) is 0 Å². The molecule has 1 aromatic heterocycles. The lowest BCUT2D eigenvalue weighted by molar-refractivity contribution is 0.105. The molecule has 1 aliphatic heterocycles. The zero-order chi connectivity index (χ0) is 11.4. The van der Waals surface area contributed by atoms with E-state index in [1.54, 1.807) is 0 Å². The van der Waals surface area contributed by atoms with Crippen molar-refractivity contribution in [2.24, 2.45) is 5.92 Å². The van der Waals surface area contributed by atoms with E-state index in [-0.39, 0.29) is 0 Å². The summed E-state index contributed by atoms with van der Waals surface area (Å²) < 4.78 is 0. The molecule has 16 heavy (non-hydrogen) atoms. The third-order valence-corrected chi connectivity index (χ3v) is 3.57. The first-order chi connectivity index (χ1) is 7.81. The SMILES string of the molecule is C[C@H](c1ccccn1)N1CCC(CO)CC1. The van der Waals surface area contributed by atoms with Gasteiger partial charge >= 0.3 is 0 Å². The van der Waals surface area contributed by atoms with Crippen LogP contribution in [-0.4, -0.2) is 34.7 Å². The van der Waals surface area contributed by atoms with Crippen LogP contribution in [0.3, 0.4) is 0 Å². The Morgan fingerprint density at radius 1 is 1.44 bits per heavy atom. The molecular formula is C13H20N2O. The third kappa shape index (κ3) is 2.60. The minimum absolute atomic E-state index is 0.339. The highest BCUT2D eigenvalue weighted by Gasteiger charge is 2.23. The molecule has 1 atom stereocenters. The van der Waals surface area contributed by atoms with Gasteiger partial charge in [-0.1, -0.05) is 6.07 Å². The van der Waals surface area contributed by atoms with Crippen molar-refractivity contribution in [3.05, 3.63) is 30.1 Å². The molecule has 1 fully saturated rings. The Morgan fingerprint density at radius 3 is 2.75 bits per heavy atom. The number of pyridine rings is 1. The Hall–Kier alpha value is -0.930. The largest absolute Gasteiger partial charge is 0.396 e. The van der Waals surface area contributed by atoms with Gasteiger partial charge in [0.25, 0.3) is 0 Å². The molecule has 3 heteroatoms. The van der Waals surface area contributed by atoms with E-state index in [0.717, 1.165) is 31.6 Å². The molecule has 1 saturated heterocycles. The van der Waals surface area contributed by atoms with Gasteiger partial charge in [-0.3, -0.25) is 9.88 Å². The monoisotopic (exact) mass is 220 g/mol. The van der Waals surface area contributed by atoms with Crippen LogP contribution in [0.5, 0.6) is 0 Å². The zero-order valence-electron chi connectivity index (χ0n) is 9.84. The summed E-state index contributed by atoms with van der Waals surface area (Å²) in [5, 5.41) is 9.10. The van der Waals surface area contributed by atoms with Crippen LogP contribution in [0.1, 0.15) is 31.5 Å². The van der Waals surface area contributed by atoms with E-state index < -0.39 is 0 Å². The summed E-state index contributed by atoms with van der Waals surface area (Å²) in [4.78, 5) is 6.85. The molecule has 1 aliphatic rings. The number of aliphatic hydroxyl groups is 1. The molecule has 0 radical (unpaired) electrons. The molecule has 2 heterocycles. The number of aromatic nitrogens is 1. The van der Waals surface area contributed by atoms with Crippen LogP contribution < -0.4 is 0 Å². The lowest BCUT2D eigenvalue weighted by Gasteiger charge is -2.35. The van der Waals surface area contributed by atoms with Crippen LogP contribution in [0.25, 0.3) is 0 Å². The predicted molar refractivity (Wildman–Crippen MR) is 64.0 cm³/mol. The van der Waals surface area contributed by atoms with E-state index in [2.05, 4.69) is 22.9 Å². The molecule has 88 valence electrons. The normalized spacial score (nSPS) is 20.9.